The van der Waals surface area contributed by atoms with E-state index < -0.39 is 0 Å². The molecule has 5 heterocycles. The van der Waals surface area contributed by atoms with Gasteiger partial charge in [0.25, 0.3) is 0 Å². The lowest BCUT2D eigenvalue weighted by atomic mass is 10.0. The van der Waals surface area contributed by atoms with Crippen molar-refractivity contribution in [2.24, 2.45) is 5.92 Å². The second kappa shape index (κ2) is 7.17. The number of rotatable bonds is 6. The third-order valence-electron chi connectivity index (χ3n) is 5.10. The molecule has 1 saturated heterocycles. The average Bonchev–Trinajstić information content (AvgIpc) is 3.31. The molecule has 0 unspecified atom stereocenters. The van der Waals surface area contributed by atoms with Gasteiger partial charge in [0.2, 0.25) is 5.88 Å². The van der Waals surface area contributed by atoms with Crippen LogP contribution in [0.15, 0.2) is 36.7 Å². The number of aromatic amines is 1. The average molecular weight is 390 g/mol. The molecule has 29 heavy (non-hydrogen) atoms. The Bertz CT molecular complexity index is 1160. The Balaban J connectivity index is 1.39. The summed E-state index contributed by atoms with van der Waals surface area (Å²) in [5.41, 5.74) is 4.32. The smallest absolute Gasteiger partial charge is 0.222 e. The molecule has 0 atom stereocenters. The van der Waals surface area contributed by atoms with Gasteiger partial charge in [0.1, 0.15) is 5.52 Å². The molecule has 0 radical (unpaired) electrons. The highest BCUT2D eigenvalue weighted by Gasteiger charge is 2.18. The quantitative estimate of drug-likeness (QED) is 0.464. The zero-order valence-electron chi connectivity index (χ0n) is 16.3. The highest BCUT2D eigenvalue weighted by atomic mass is 16.5. The normalized spacial score (nSPS) is 14.1. The molecule has 9 nitrogen and oxygen atoms in total. The van der Waals surface area contributed by atoms with Crippen molar-refractivity contribution in [1.29, 1.82) is 0 Å². The van der Waals surface area contributed by atoms with E-state index in [9.17, 15) is 0 Å². The van der Waals surface area contributed by atoms with Gasteiger partial charge in [-0.05, 0) is 25.1 Å². The Morgan fingerprint density at radius 3 is 2.90 bits per heavy atom. The van der Waals surface area contributed by atoms with Crippen LogP contribution in [0.4, 0.5) is 11.6 Å². The minimum Gasteiger partial charge on any atom is -0.480 e. The number of aromatic nitrogens is 6. The van der Waals surface area contributed by atoms with Crippen LogP contribution in [-0.2, 0) is 6.54 Å². The molecular formula is C20H22N8O. The zero-order chi connectivity index (χ0) is 19.8. The van der Waals surface area contributed by atoms with Gasteiger partial charge in [-0.1, -0.05) is 0 Å². The summed E-state index contributed by atoms with van der Waals surface area (Å²) in [5, 5.41) is 13.9. The van der Waals surface area contributed by atoms with Crippen LogP contribution in [0.1, 0.15) is 5.69 Å². The molecule has 5 rings (SSSR count). The number of nitrogens with one attached hydrogen (secondary N) is 3. The van der Waals surface area contributed by atoms with Crippen LogP contribution < -0.4 is 15.4 Å². The number of aryl methyl sites for hydroxylation is 1. The third-order valence-corrected chi connectivity index (χ3v) is 5.10. The first-order chi connectivity index (χ1) is 14.2. The van der Waals surface area contributed by atoms with Gasteiger partial charge in [-0.3, -0.25) is 5.10 Å². The first kappa shape index (κ1) is 17.6. The molecule has 0 aliphatic carbocycles. The van der Waals surface area contributed by atoms with Crippen molar-refractivity contribution in [2.45, 2.75) is 13.5 Å². The molecule has 0 spiro atoms. The van der Waals surface area contributed by atoms with Gasteiger partial charge < -0.3 is 19.9 Å². The van der Waals surface area contributed by atoms with Crippen molar-refractivity contribution in [1.82, 2.24) is 35.0 Å². The van der Waals surface area contributed by atoms with Gasteiger partial charge in [-0.2, -0.15) is 5.10 Å². The number of methoxy groups -OCH3 is 1. The van der Waals surface area contributed by atoms with Crippen molar-refractivity contribution in [3.8, 4) is 17.1 Å². The van der Waals surface area contributed by atoms with Crippen LogP contribution in [0.5, 0.6) is 5.88 Å². The number of pyridine rings is 1. The highest BCUT2D eigenvalue weighted by Crippen LogP contribution is 2.29. The van der Waals surface area contributed by atoms with Gasteiger partial charge in [-0.25, -0.2) is 15.0 Å². The molecule has 3 N–H and O–H groups in total. The van der Waals surface area contributed by atoms with Crippen molar-refractivity contribution >= 4 is 22.8 Å². The molecule has 1 fully saturated rings. The van der Waals surface area contributed by atoms with Gasteiger partial charge in [-0.15, -0.1) is 0 Å². The maximum atomic E-state index is 5.40. The fourth-order valence-electron chi connectivity index (χ4n) is 3.46. The summed E-state index contributed by atoms with van der Waals surface area (Å²) in [6.07, 6.45) is 3.77. The molecule has 0 amide bonds. The molecule has 0 bridgehead atoms. The topological polar surface area (TPSA) is 106 Å². The van der Waals surface area contributed by atoms with Crippen molar-refractivity contribution in [2.75, 3.05) is 25.5 Å². The van der Waals surface area contributed by atoms with E-state index in [-0.39, 0.29) is 0 Å². The Labute approximate surface area is 167 Å². The summed E-state index contributed by atoms with van der Waals surface area (Å²) in [7, 11) is 1.61. The van der Waals surface area contributed by atoms with E-state index in [1.807, 2.05) is 31.2 Å². The van der Waals surface area contributed by atoms with Crippen LogP contribution >= 0.6 is 0 Å². The molecule has 4 aromatic heterocycles. The summed E-state index contributed by atoms with van der Waals surface area (Å²) in [6, 6.07) is 7.81. The van der Waals surface area contributed by atoms with Crippen LogP contribution in [0.25, 0.3) is 22.4 Å². The first-order valence-electron chi connectivity index (χ1n) is 9.56. The number of ether oxygens (including phenoxy) is 1. The lowest BCUT2D eigenvalue weighted by Gasteiger charge is -2.27. The van der Waals surface area contributed by atoms with E-state index in [4.69, 9.17) is 9.72 Å². The predicted octanol–water partition coefficient (Wildman–Crippen LogP) is 2.50. The SMILES string of the molecule is COc1nc(C)ccc1-c1cc(Nc2cnc3ccn(CC4CNC4)c3n2)n[nH]1. The van der Waals surface area contributed by atoms with Gasteiger partial charge >= 0.3 is 0 Å². The fourth-order valence-corrected chi connectivity index (χ4v) is 3.46. The predicted molar refractivity (Wildman–Crippen MR) is 110 cm³/mol. The Morgan fingerprint density at radius 1 is 1.21 bits per heavy atom. The van der Waals surface area contributed by atoms with Crippen LogP contribution in [0.3, 0.4) is 0 Å². The number of anilines is 2. The van der Waals surface area contributed by atoms with E-state index >= 15 is 0 Å². The third kappa shape index (κ3) is 3.40. The maximum Gasteiger partial charge on any atom is 0.222 e. The number of nitrogens with zero attached hydrogens (tertiary/aromatic N) is 5. The maximum absolute atomic E-state index is 5.40. The molecule has 0 aromatic carbocycles. The van der Waals surface area contributed by atoms with E-state index in [0.717, 1.165) is 47.7 Å². The monoisotopic (exact) mass is 390 g/mol. The standard InChI is InChI=1S/C20H22N8O/c1-12-3-4-14(20(23-12)29-2)16-7-17(27-26-16)24-18-10-22-15-5-6-28(19(15)25-18)11-13-8-21-9-13/h3-7,10,13,21H,8-9,11H2,1-2H3,(H2,24,25,26,27). The molecule has 9 heteroatoms. The van der Waals surface area contributed by atoms with Crippen LogP contribution in [-0.4, -0.2) is 49.9 Å². The van der Waals surface area contributed by atoms with Crippen molar-refractivity contribution in [3.05, 3.63) is 42.4 Å². The highest BCUT2D eigenvalue weighted by molar-refractivity contribution is 5.74. The number of fused-ring (bicyclic) bond motifs is 1. The largest absolute Gasteiger partial charge is 0.480 e. The Morgan fingerprint density at radius 2 is 2.10 bits per heavy atom. The Hall–Kier alpha value is -3.46. The molecule has 0 saturated carbocycles. The molecular weight excluding hydrogens is 368 g/mol. The molecule has 4 aromatic rings. The van der Waals surface area contributed by atoms with E-state index in [1.54, 1.807) is 13.3 Å². The molecule has 1 aliphatic rings. The minimum absolute atomic E-state index is 0.560. The number of hydrogen-bond acceptors (Lipinski definition) is 7. The molecule has 1 aliphatic heterocycles. The number of H-pyrrole nitrogens is 1. The Kier molecular flexibility index (Phi) is 4.36. The lowest BCUT2D eigenvalue weighted by Crippen LogP contribution is -2.44. The van der Waals surface area contributed by atoms with E-state index in [2.05, 4.69) is 41.6 Å². The van der Waals surface area contributed by atoms with E-state index in [0.29, 0.717) is 23.4 Å². The van der Waals surface area contributed by atoms with Gasteiger partial charge in [0.15, 0.2) is 17.3 Å². The lowest BCUT2D eigenvalue weighted by molar-refractivity contribution is 0.310. The van der Waals surface area contributed by atoms with Gasteiger partial charge in [0.05, 0.1) is 24.6 Å². The van der Waals surface area contributed by atoms with Crippen molar-refractivity contribution < 1.29 is 4.74 Å². The number of hydrogen-bond donors (Lipinski definition) is 3. The summed E-state index contributed by atoms with van der Waals surface area (Å²) in [4.78, 5) is 13.7. The second-order valence-electron chi connectivity index (χ2n) is 7.26. The second-order valence-corrected chi connectivity index (χ2v) is 7.26. The van der Waals surface area contributed by atoms with Crippen LogP contribution in [0, 0.1) is 12.8 Å². The van der Waals surface area contributed by atoms with Crippen molar-refractivity contribution in [3.63, 3.8) is 0 Å². The summed E-state index contributed by atoms with van der Waals surface area (Å²) < 4.78 is 7.56. The van der Waals surface area contributed by atoms with E-state index in [1.165, 1.54) is 0 Å². The van der Waals surface area contributed by atoms with Crippen LogP contribution in [0.2, 0.25) is 0 Å². The summed E-state index contributed by atoms with van der Waals surface area (Å²) >= 11 is 0. The minimum atomic E-state index is 0.560. The van der Waals surface area contributed by atoms with Gasteiger partial charge in [0, 0.05) is 43.5 Å². The summed E-state index contributed by atoms with van der Waals surface area (Å²) in [5.74, 6) is 2.51. The molecule has 148 valence electrons. The first-order valence-corrected chi connectivity index (χ1v) is 9.56. The fraction of sp³-hybridized carbons (Fsp3) is 0.300. The summed E-state index contributed by atoms with van der Waals surface area (Å²) in [6.45, 7) is 4.98. The zero-order valence-corrected chi connectivity index (χ0v) is 16.3.